The Hall–Kier alpha value is -2.37. The fourth-order valence-electron chi connectivity index (χ4n) is 2.23. The number of nitrogens with zero attached hydrogens (tertiary/aromatic N) is 2. The van der Waals surface area contributed by atoms with E-state index >= 15 is 0 Å². The molecule has 5 nitrogen and oxygen atoms in total. The molecule has 23 heavy (non-hydrogen) atoms. The number of halogens is 1. The Kier molecular flexibility index (Phi) is 4.60. The van der Waals surface area contributed by atoms with Gasteiger partial charge in [0.2, 0.25) is 11.7 Å². The third-order valence-electron chi connectivity index (χ3n) is 3.36. The molecule has 3 rings (SSSR count). The van der Waals surface area contributed by atoms with Crippen LogP contribution in [-0.4, -0.2) is 10.1 Å². The lowest BCUT2D eigenvalue weighted by molar-refractivity contribution is 0.304. The molecule has 1 heterocycles. The lowest BCUT2D eigenvalue weighted by atomic mass is 10.1. The number of benzene rings is 2. The van der Waals surface area contributed by atoms with Crippen LogP contribution in [0.4, 0.5) is 0 Å². The minimum Gasteiger partial charge on any atom is -0.487 e. The molecular weight excluding hydrogens is 314 g/mol. The van der Waals surface area contributed by atoms with Crippen molar-refractivity contribution in [3.63, 3.8) is 0 Å². The van der Waals surface area contributed by atoms with Gasteiger partial charge < -0.3 is 15.0 Å². The topological polar surface area (TPSA) is 74.2 Å². The molecule has 0 aliphatic rings. The molecule has 2 aromatic carbocycles. The number of hydrogen-bond donors (Lipinski definition) is 1. The van der Waals surface area contributed by atoms with Crippen LogP contribution in [0.5, 0.6) is 5.75 Å². The van der Waals surface area contributed by atoms with Gasteiger partial charge >= 0.3 is 0 Å². The molecule has 0 unspecified atom stereocenters. The Morgan fingerprint density at radius 3 is 2.65 bits per heavy atom. The normalized spacial score (nSPS) is 10.7. The van der Waals surface area contributed by atoms with Gasteiger partial charge in [0.05, 0.1) is 11.6 Å². The van der Waals surface area contributed by atoms with Crippen LogP contribution < -0.4 is 10.5 Å². The minimum absolute atomic E-state index is 0.206. The first kappa shape index (κ1) is 15.5. The molecule has 0 saturated carbocycles. The van der Waals surface area contributed by atoms with Crippen molar-refractivity contribution >= 4 is 11.6 Å². The third-order valence-corrected chi connectivity index (χ3v) is 3.64. The largest absolute Gasteiger partial charge is 0.487 e. The first-order chi connectivity index (χ1) is 11.2. The standard InChI is InChI=1S/C17H16ClN3O2/c1-11-7-13(17-20-15(9-19)23-21-17)8-14(18)16(11)22-10-12-5-3-2-4-6-12/h2-8H,9-10,19H2,1H3. The molecule has 1 aromatic heterocycles. The SMILES string of the molecule is Cc1cc(-c2noc(CN)n2)cc(Cl)c1OCc1ccccc1. The molecule has 0 bridgehead atoms. The van der Waals surface area contributed by atoms with Crippen LogP contribution in [0.1, 0.15) is 17.0 Å². The summed E-state index contributed by atoms with van der Waals surface area (Å²) in [5.41, 5.74) is 8.23. The van der Waals surface area contributed by atoms with Crippen LogP contribution >= 0.6 is 11.6 Å². The van der Waals surface area contributed by atoms with Gasteiger partial charge in [0.15, 0.2) is 0 Å². The minimum atomic E-state index is 0.206. The molecule has 118 valence electrons. The maximum Gasteiger partial charge on any atom is 0.240 e. The average molecular weight is 330 g/mol. The summed E-state index contributed by atoms with van der Waals surface area (Å²) >= 11 is 6.36. The quantitative estimate of drug-likeness (QED) is 0.772. The Morgan fingerprint density at radius 1 is 1.22 bits per heavy atom. The second-order valence-electron chi connectivity index (χ2n) is 5.09. The van der Waals surface area contributed by atoms with Crippen molar-refractivity contribution in [1.29, 1.82) is 0 Å². The van der Waals surface area contributed by atoms with Gasteiger partial charge in [0.1, 0.15) is 12.4 Å². The van der Waals surface area contributed by atoms with Crippen LogP contribution in [0.3, 0.4) is 0 Å². The lowest BCUT2D eigenvalue weighted by Gasteiger charge is -2.12. The molecule has 3 aromatic rings. The Labute approximate surface area is 139 Å². The summed E-state index contributed by atoms with van der Waals surface area (Å²) in [6.45, 7) is 2.60. The molecule has 0 aliphatic carbocycles. The number of rotatable bonds is 5. The van der Waals surface area contributed by atoms with E-state index in [0.717, 1.165) is 16.7 Å². The van der Waals surface area contributed by atoms with E-state index in [9.17, 15) is 0 Å². The number of ether oxygens (including phenoxy) is 1. The number of aryl methyl sites for hydroxylation is 1. The Bertz CT molecular complexity index is 780. The zero-order valence-electron chi connectivity index (χ0n) is 12.6. The van der Waals surface area contributed by atoms with Gasteiger partial charge in [-0.3, -0.25) is 0 Å². The third kappa shape index (κ3) is 3.52. The number of hydrogen-bond acceptors (Lipinski definition) is 5. The van der Waals surface area contributed by atoms with E-state index < -0.39 is 0 Å². The van der Waals surface area contributed by atoms with E-state index in [1.807, 2.05) is 43.3 Å². The van der Waals surface area contributed by atoms with E-state index in [4.69, 9.17) is 26.6 Å². The summed E-state index contributed by atoms with van der Waals surface area (Å²) in [5, 5.41) is 4.41. The average Bonchev–Trinajstić information content (AvgIpc) is 3.04. The van der Waals surface area contributed by atoms with Crippen molar-refractivity contribution in [3.8, 4) is 17.1 Å². The van der Waals surface area contributed by atoms with Crippen LogP contribution in [0.2, 0.25) is 5.02 Å². The summed E-state index contributed by atoms with van der Waals surface area (Å²) in [5.74, 6) is 1.50. The van der Waals surface area contributed by atoms with Gasteiger partial charge in [-0.25, -0.2) is 0 Å². The monoisotopic (exact) mass is 329 g/mol. The van der Waals surface area contributed by atoms with Gasteiger partial charge in [-0.15, -0.1) is 0 Å². The predicted octanol–water partition coefficient (Wildman–Crippen LogP) is 3.74. The van der Waals surface area contributed by atoms with Crippen LogP contribution in [0, 0.1) is 6.92 Å². The van der Waals surface area contributed by atoms with Crippen LogP contribution in [0.15, 0.2) is 47.0 Å². The molecule has 0 radical (unpaired) electrons. The lowest BCUT2D eigenvalue weighted by Crippen LogP contribution is -1.98. The van der Waals surface area contributed by atoms with Gasteiger partial charge in [-0.1, -0.05) is 47.1 Å². The zero-order chi connectivity index (χ0) is 16.2. The molecule has 6 heteroatoms. The highest BCUT2D eigenvalue weighted by molar-refractivity contribution is 6.32. The van der Waals surface area contributed by atoms with Crippen molar-refractivity contribution in [2.45, 2.75) is 20.1 Å². The van der Waals surface area contributed by atoms with Crippen molar-refractivity contribution in [3.05, 3.63) is 64.5 Å². The highest BCUT2D eigenvalue weighted by Gasteiger charge is 2.13. The fraction of sp³-hybridized carbons (Fsp3) is 0.176. The van der Waals surface area contributed by atoms with Gasteiger partial charge in [-0.2, -0.15) is 4.98 Å². The van der Waals surface area contributed by atoms with E-state index in [2.05, 4.69) is 10.1 Å². The van der Waals surface area contributed by atoms with Crippen molar-refractivity contribution in [1.82, 2.24) is 10.1 Å². The zero-order valence-corrected chi connectivity index (χ0v) is 13.4. The van der Waals surface area contributed by atoms with Gasteiger partial charge in [-0.05, 0) is 30.2 Å². The highest BCUT2D eigenvalue weighted by Crippen LogP contribution is 2.33. The molecular formula is C17H16ClN3O2. The fourth-order valence-corrected chi connectivity index (χ4v) is 2.55. The predicted molar refractivity (Wildman–Crippen MR) is 88.1 cm³/mol. The molecule has 2 N–H and O–H groups in total. The van der Waals surface area contributed by atoms with E-state index in [-0.39, 0.29) is 6.54 Å². The maximum atomic E-state index is 6.36. The number of aromatic nitrogens is 2. The summed E-state index contributed by atoms with van der Waals surface area (Å²) in [6.07, 6.45) is 0. The van der Waals surface area contributed by atoms with Gasteiger partial charge in [0, 0.05) is 5.56 Å². The van der Waals surface area contributed by atoms with Crippen LogP contribution in [-0.2, 0) is 13.2 Å². The van der Waals surface area contributed by atoms with Gasteiger partial charge in [0.25, 0.3) is 0 Å². The first-order valence-electron chi connectivity index (χ1n) is 7.17. The molecule has 0 spiro atoms. The van der Waals surface area contributed by atoms with E-state index in [0.29, 0.717) is 29.1 Å². The van der Waals surface area contributed by atoms with Crippen molar-refractivity contribution < 1.29 is 9.26 Å². The summed E-state index contributed by atoms with van der Waals surface area (Å²) in [7, 11) is 0. The second-order valence-corrected chi connectivity index (χ2v) is 5.50. The molecule has 0 fully saturated rings. The maximum absolute atomic E-state index is 6.36. The Morgan fingerprint density at radius 2 is 2.00 bits per heavy atom. The molecule has 0 aliphatic heterocycles. The molecule has 0 atom stereocenters. The Balaban J connectivity index is 1.82. The first-order valence-corrected chi connectivity index (χ1v) is 7.55. The second kappa shape index (κ2) is 6.81. The molecule has 0 amide bonds. The summed E-state index contributed by atoms with van der Waals surface area (Å²) in [6, 6.07) is 13.6. The number of nitrogens with two attached hydrogens (primary N) is 1. The highest BCUT2D eigenvalue weighted by atomic mass is 35.5. The smallest absolute Gasteiger partial charge is 0.240 e. The van der Waals surface area contributed by atoms with Crippen molar-refractivity contribution in [2.75, 3.05) is 0 Å². The van der Waals surface area contributed by atoms with Crippen molar-refractivity contribution in [2.24, 2.45) is 5.73 Å². The summed E-state index contributed by atoms with van der Waals surface area (Å²) < 4.78 is 10.9. The summed E-state index contributed by atoms with van der Waals surface area (Å²) in [4.78, 5) is 4.20. The molecule has 0 saturated heterocycles. The van der Waals surface area contributed by atoms with Crippen LogP contribution in [0.25, 0.3) is 11.4 Å². The van der Waals surface area contributed by atoms with E-state index in [1.54, 1.807) is 6.07 Å². The van der Waals surface area contributed by atoms with E-state index in [1.165, 1.54) is 0 Å².